The molecule has 2 aromatic heterocycles. The first-order valence-electron chi connectivity index (χ1n) is 9.15. The van der Waals surface area contributed by atoms with Gasteiger partial charge in [-0.25, -0.2) is 0 Å². The van der Waals surface area contributed by atoms with E-state index in [1.54, 1.807) is 24.3 Å². The van der Waals surface area contributed by atoms with E-state index in [0.29, 0.717) is 21.2 Å². The zero-order valence-corrected chi connectivity index (χ0v) is 16.9. The first-order valence-corrected chi connectivity index (χ1v) is 10.4. The van der Waals surface area contributed by atoms with E-state index in [-0.39, 0.29) is 5.78 Å². The molecule has 0 unspecified atom stereocenters. The Labute approximate surface area is 173 Å². The van der Waals surface area contributed by atoms with Crippen LogP contribution in [0.5, 0.6) is 0 Å². The van der Waals surface area contributed by atoms with Crippen LogP contribution in [0.1, 0.15) is 21.5 Å². The average molecular weight is 413 g/mol. The number of pyridine rings is 1. The summed E-state index contributed by atoms with van der Waals surface area (Å²) < 4.78 is 0. The molecular weight excluding hydrogens is 392 g/mol. The van der Waals surface area contributed by atoms with Crippen LogP contribution in [0.4, 0.5) is 10.7 Å². The zero-order valence-electron chi connectivity index (χ0n) is 15.3. The van der Waals surface area contributed by atoms with Gasteiger partial charge in [0.15, 0.2) is 5.78 Å². The van der Waals surface area contributed by atoms with Crippen LogP contribution < -0.4 is 10.6 Å². The lowest BCUT2D eigenvalue weighted by molar-refractivity contribution is 0.103. The van der Waals surface area contributed by atoms with Crippen molar-refractivity contribution in [2.75, 3.05) is 36.8 Å². The van der Waals surface area contributed by atoms with Crippen molar-refractivity contribution in [2.24, 2.45) is 0 Å². The maximum atomic E-state index is 13.0. The molecule has 0 amide bonds. The number of nitrogen functional groups attached to an aromatic ring is 1. The minimum absolute atomic E-state index is 0.0409. The van der Waals surface area contributed by atoms with E-state index in [1.165, 1.54) is 17.0 Å². The van der Waals surface area contributed by atoms with Gasteiger partial charge in [-0.2, -0.15) is 0 Å². The number of hydrogen-bond donors (Lipinski definition) is 1. The van der Waals surface area contributed by atoms with Crippen molar-refractivity contribution in [1.29, 1.82) is 0 Å². The van der Waals surface area contributed by atoms with Gasteiger partial charge >= 0.3 is 0 Å². The molecule has 0 spiro atoms. The van der Waals surface area contributed by atoms with Crippen molar-refractivity contribution in [3.8, 4) is 0 Å². The highest BCUT2D eigenvalue weighted by atomic mass is 35.5. The van der Waals surface area contributed by atoms with E-state index in [0.717, 1.165) is 38.3 Å². The number of thiophene rings is 1. The van der Waals surface area contributed by atoms with Gasteiger partial charge in [-0.3, -0.25) is 14.7 Å². The highest BCUT2D eigenvalue weighted by Crippen LogP contribution is 2.29. The monoisotopic (exact) mass is 412 g/mol. The number of rotatable bonds is 5. The molecule has 0 radical (unpaired) electrons. The number of nitrogens with zero attached hydrogens (tertiary/aromatic N) is 3. The van der Waals surface area contributed by atoms with Crippen LogP contribution in [0.15, 0.2) is 54.2 Å². The molecule has 0 atom stereocenters. The van der Waals surface area contributed by atoms with E-state index in [2.05, 4.69) is 14.8 Å². The Kier molecular flexibility index (Phi) is 5.62. The average Bonchev–Trinajstić information content (AvgIpc) is 3.09. The number of hydrogen-bond acceptors (Lipinski definition) is 6. The third-order valence-corrected chi connectivity index (χ3v) is 6.14. The summed E-state index contributed by atoms with van der Waals surface area (Å²) in [5.41, 5.74) is 9.59. The number of aromatic nitrogens is 1. The molecule has 0 bridgehead atoms. The Morgan fingerprint density at radius 1 is 1.07 bits per heavy atom. The van der Waals surface area contributed by atoms with E-state index >= 15 is 0 Å². The number of carbonyl (C=O) groups is 1. The molecule has 144 valence electrons. The van der Waals surface area contributed by atoms with Gasteiger partial charge in [0, 0.05) is 61.4 Å². The molecule has 0 aliphatic carbocycles. The molecule has 1 aromatic carbocycles. The standard InChI is InChI=1S/C21H21ClN4OS/c22-17-3-1-15(2-4-17)20(27)19-16(14-28-21(19)23)13-25-9-11-26(12-10-25)18-5-7-24-8-6-18/h1-8,14H,9-13,23H2. The maximum Gasteiger partial charge on any atom is 0.196 e. The van der Waals surface area contributed by atoms with Gasteiger partial charge in [-0.1, -0.05) is 11.6 Å². The smallest absolute Gasteiger partial charge is 0.196 e. The molecule has 5 nitrogen and oxygen atoms in total. The number of halogens is 1. The number of piperazine rings is 1. The van der Waals surface area contributed by atoms with Crippen LogP contribution in [0.3, 0.4) is 0 Å². The second-order valence-electron chi connectivity index (χ2n) is 6.80. The summed E-state index contributed by atoms with van der Waals surface area (Å²) in [5.74, 6) is -0.0409. The van der Waals surface area contributed by atoms with Crippen molar-refractivity contribution in [3.05, 3.63) is 75.9 Å². The van der Waals surface area contributed by atoms with E-state index in [9.17, 15) is 4.79 Å². The number of nitrogens with two attached hydrogens (primary N) is 1. The Morgan fingerprint density at radius 2 is 1.75 bits per heavy atom. The number of anilines is 2. The van der Waals surface area contributed by atoms with Crippen LogP contribution in [0, 0.1) is 0 Å². The molecule has 3 aromatic rings. The Hall–Kier alpha value is -2.41. The third-order valence-electron chi connectivity index (χ3n) is 5.02. The van der Waals surface area contributed by atoms with Gasteiger partial charge in [0.2, 0.25) is 0 Å². The number of benzene rings is 1. The van der Waals surface area contributed by atoms with E-state index in [4.69, 9.17) is 17.3 Å². The van der Waals surface area contributed by atoms with Gasteiger partial charge in [-0.05, 0) is 47.3 Å². The van der Waals surface area contributed by atoms with Gasteiger partial charge in [0.05, 0.1) is 10.6 Å². The minimum atomic E-state index is -0.0409. The van der Waals surface area contributed by atoms with Gasteiger partial charge in [-0.15, -0.1) is 11.3 Å². The fourth-order valence-corrected chi connectivity index (χ4v) is 4.42. The highest BCUT2D eigenvalue weighted by molar-refractivity contribution is 7.14. The molecular formula is C21H21ClN4OS. The van der Waals surface area contributed by atoms with Crippen molar-refractivity contribution < 1.29 is 4.79 Å². The second-order valence-corrected chi connectivity index (χ2v) is 8.15. The summed E-state index contributed by atoms with van der Waals surface area (Å²) >= 11 is 7.37. The van der Waals surface area contributed by atoms with Crippen molar-refractivity contribution in [2.45, 2.75) is 6.54 Å². The molecule has 3 heterocycles. The van der Waals surface area contributed by atoms with Crippen molar-refractivity contribution in [1.82, 2.24) is 9.88 Å². The maximum absolute atomic E-state index is 13.0. The van der Waals surface area contributed by atoms with Crippen LogP contribution in [-0.4, -0.2) is 41.8 Å². The fourth-order valence-electron chi connectivity index (χ4n) is 3.49. The highest BCUT2D eigenvalue weighted by Gasteiger charge is 2.23. The molecule has 1 saturated heterocycles. The first-order chi connectivity index (χ1) is 13.6. The van der Waals surface area contributed by atoms with Crippen molar-refractivity contribution >= 4 is 39.4 Å². The second kappa shape index (κ2) is 8.31. The lowest BCUT2D eigenvalue weighted by Gasteiger charge is -2.36. The molecule has 1 aliphatic heterocycles. The fraction of sp³-hybridized carbons (Fsp3) is 0.238. The summed E-state index contributed by atoms with van der Waals surface area (Å²) in [5, 5.41) is 3.20. The summed E-state index contributed by atoms with van der Waals surface area (Å²) in [4.78, 5) is 21.8. The summed E-state index contributed by atoms with van der Waals surface area (Å²) in [6, 6.07) is 11.0. The van der Waals surface area contributed by atoms with Crippen LogP contribution in [0.2, 0.25) is 5.02 Å². The molecule has 7 heteroatoms. The quantitative estimate of drug-likeness (QED) is 0.643. The SMILES string of the molecule is Nc1scc(CN2CCN(c3ccncc3)CC2)c1C(=O)c1ccc(Cl)cc1. The van der Waals surface area contributed by atoms with Crippen molar-refractivity contribution in [3.63, 3.8) is 0 Å². The van der Waals surface area contributed by atoms with Crippen LogP contribution >= 0.6 is 22.9 Å². The van der Waals surface area contributed by atoms with Gasteiger partial charge in [0.1, 0.15) is 0 Å². The predicted octanol–water partition coefficient (Wildman–Crippen LogP) is 3.93. The summed E-state index contributed by atoms with van der Waals surface area (Å²) in [7, 11) is 0. The molecule has 4 rings (SSSR count). The lowest BCUT2D eigenvalue weighted by Crippen LogP contribution is -2.46. The van der Waals surface area contributed by atoms with Crippen LogP contribution in [-0.2, 0) is 6.54 Å². The number of ketones is 1. The molecule has 1 fully saturated rings. The summed E-state index contributed by atoms with van der Waals surface area (Å²) in [6.07, 6.45) is 3.65. The van der Waals surface area contributed by atoms with Gasteiger partial charge < -0.3 is 10.6 Å². The largest absolute Gasteiger partial charge is 0.390 e. The van der Waals surface area contributed by atoms with Crippen LogP contribution in [0.25, 0.3) is 0 Å². The minimum Gasteiger partial charge on any atom is -0.390 e. The molecule has 2 N–H and O–H groups in total. The zero-order chi connectivity index (χ0) is 19.5. The summed E-state index contributed by atoms with van der Waals surface area (Å²) in [6.45, 7) is 4.50. The first kappa shape index (κ1) is 18.9. The Bertz CT molecular complexity index is 950. The molecule has 1 aliphatic rings. The third kappa shape index (κ3) is 4.04. The Morgan fingerprint density at radius 3 is 2.43 bits per heavy atom. The van der Waals surface area contributed by atoms with E-state index < -0.39 is 0 Å². The van der Waals surface area contributed by atoms with Gasteiger partial charge in [0.25, 0.3) is 0 Å². The van der Waals surface area contributed by atoms with E-state index in [1.807, 2.05) is 29.9 Å². The number of carbonyl (C=O) groups excluding carboxylic acids is 1. The normalized spacial score (nSPS) is 15.0. The molecule has 0 saturated carbocycles. The Balaban J connectivity index is 1.45. The lowest BCUT2D eigenvalue weighted by atomic mass is 10.0. The molecule has 28 heavy (non-hydrogen) atoms. The topological polar surface area (TPSA) is 62.5 Å². The predicted molar refractivity (Wildman–Crippen MR) is 115 cm³/mol.